The normalized spacial score (nSPS) is 45.3. The molecule has 19 heavy (non-hydrogen) atoms. The van der Waals surface area contributed by atoms with Crippen molar-refractivity contribution >= 4 is 0 Å². The summed E-state index contributed by atoms with van der Waals surface area (Å²) in [6, 6.07) is 7.29. The number of nitrogens with one attached hydrogen (secondary N) is 1. The van der Waals surface area contributed by atoms with E-state index in [0.29, 0.717) is 11.8 Å². The first-order valence-electron chi connectivity index (χ1n) is 7.89. The lowest BCUT2D eigenvalue weighted by molar-refractivity contribution is 0.420. The van der Waals surface area contributed by atoms with Gasteiger partial charge in [-0.2, -0.15) is 0 Å². The molecule has 4 aliphatic rings. The maximum atomic E-state index is 9.57. The number of aryl methyl sites for hydroxylation is 1. The predicted octanol–water partition coefficient (Wildman–Crippen LogP) is 3.01. The highest BCUT2D eigenvalue weighted by atomic mass is 16.3. The molecule has 0 heterocycles. The summed E-state index contributed by atoms with van der Waals surface area (Å²) in [4.78, 5) is 0. The Morgan fingerprint density at radius 1 is 1.05 bits per heavy atom. The topological polar surface area (TPSA) is 32.3 Å². The van der Waals surface area contributed by atoms with Gasteiger partial charge in [-0.3, -0.25) is 0 Å². The molecule has 2 bridgehead atoms. The zero-order valence-electron chi connectivity index (χ0n) is 11.2. The second-order valence-corrected chi connectivity index (χ2v) is 7.15. The van der Waals surface area contributed by atoms with E-state index in [4.69, 9.17) is 0 Å². The Morgan fingerprint density at radius 3 is 2.63 bits per heavy atom. The quantitative estimate of drug-likeness (QED) is 0.851. The Morgan fingerprint density at radius 2 is 1.84 bits per heavy atom. The molecule has 1 aromatic carbocycles. The van der Waals surface area contributed by atoms with Crippen LogP contribution in [0.2, 0.25) is 0 Å². The Kier molecular flexibility index (Phi) is 2.00. The zero-order valence-corrected chi connectivity index (χ0v) is 11.2. The minimum atomic E-state index is 0.417. The minimum Gasteiger partial charge on any atom is -0.508 e. The van der Waals surface area contributed by atoms with Crippen LogP contribution in [0.25, 0.3) is 0 Å². The summed E-state index contributed by atoms with van der Waals surface area (Å²) < 4.78 is 0. The number of hydrogen-bond acceptors (Lipinski definition) is 2. The van der Waals surface area contributed by atoms with Crippen LogP contribution in [-0.4, -0.2) is 11.1 Å². The monoisotopic (exact) mass is 255 g/mol. The molecule has 3 fully saturated rings. The van der Waals surface area contributed by atoms with Crippen molar-refractivity contribution < 1.29 is 5.11 Å². The van der Waals surface area contributed by atoms with Crippen LogP contribution in [0.5, 0.6) is 5.75 Å². The molecule has 5 atom stereocenters. The predicted molar refractivity (Wildman–Crippen MR) is 73.9 cm³/mol. The third-order valence-electron chi connectivity index (χ3n) is 6.33. The molecule has 1 aromatic rings. The Balaban J connectivity index is 1.35. The van der Waals surface area contributed by atoms with Crippen LogP contribution < -0.4 is 5.32 Å². The van der Waals surface area contributed by atoms with E-state index >= 15 is 0 Å². The van der Waals surface area contributed by atoms with Crippen molar-refractivity contribution in [3.05, 3.63) is 29.3 Å². The number of benzene rings is 1. The average Bonchev–Trinajstić information content (AvgIpc) is 2.79. The van der Waals surface area contributed by atoms with E-state index in [-0.39, 0.29) is 0 Å². The number of phenolic OH excluding ortho intramolecular Hbond substituents is 1. The number of hydrogen-bond donors (Lipinski definition) is 2. The van der Waals surface area contributed by atoms with Crippen LogP contribution in [0, 0.1) is 23.7 Å². The molecule has 2 N–H and O–H groups in total. The van der Waals surface area contributed by atoms with Crippen molar-refractivity contribution in [2.24, 2.45) is 23.7 Å². The first-order valence-corrected chi connectivity index (χ1v) is 7.89. The van der Waals surface area contributed by atoms with Gasteiger partial charge in [0, 0.05) is 12.1 Å². The smallest absolute Gasteiger partial charge is 0.115 e. The Hall–Kier alpha value is -1.02. The van der Waals surface area contributed by atoms with Gasteiger partial charge in [0.25, 0.3) is 0 Å². The maximum Gasteiger partial charge on any atom is 0.115 e. The van der Waals surface area contributed by atoms with Crippen molar-refractivity contribution in [3.8, 4) is 5.75 Å². The van der Waals surface area contributed by atoms with Gasteiger partial charge in [-0.1, -0.05) is 6.07 Å². The molecule has 4 aliphatic carbocycles. The van der Waals surface area contributed by atoms with E-state index in [1.807, 2.05) is 12.1 Å². The molecular weight excluding hydrogens is 234 g/mol. The zero-order chi connectivity index (χ0) is 12.6. The Bertz CT molecular complexity index is 524. The number of phenols is 1. The van der Waals surface area contributed by atoms with Crippen molar-refractivity contribution in [2.45, 2.75) is 44.2 Å². The molecule has 0 saturated heterocycles. The number of aromatic hydroxyl groups is 1. The van der Waals surface area contributed by atoms with Gasteiger partial charge >= 0.3 is 0 Å². The van der Waals surface area contributed by atoms with Crippen LogP contribution in [0.3, 0.4) is 0 Å². The number of rotatable bonds is 2. The molecular formula is C17H21NO. The second-order valence-electron chi connectivity index (χ2n) is 7.15. The molecule has 0 aliphatic heterocycles. The first kappa shape index (κ1) is 10.7. The summed E-state index contributed by atoms with van der Waals surface area (Å²) in [6.45, 7) is 0. The molecule has 2 heteroatoms. The molecule has 0 radical (unpaired) electrons. The molecule has 5 unspecified atom stereocenters. The van der Waals surface area contributed by atoms with Gasteiger partial charge < -0.3 is 10.4 Å². The van der Waals surface area contributed by atoms with E-state index in [0.717, 1.165) is 36.1 Å². The highest BCUT2D eigenvalue weighted by Gasteiger charge is 2.65. The largest absolute Gasteiger partial charge is 0.508 e. The third kappa shape index (κ3) is 1.41. The fourth-order valence-electron chi connectivity index (χ4n) is 5.56. The fourth-order valence-corrected chi connectivity index (χ4v) is 5.56. The summed E-state index contributed by atoms with van der Waals surface area (Å²) in [6.07, 6.45) is 6.86. The van der Waals surface area contributed by atoms with Crippen molar-refractivity contribution in [1.29, 1.82) is 0 Å². The first-order chi connectivity index (χ1) is 9.31. The molecule has 0 spiro atoms. The lowest BCUT2D eigenvalue weighted by atomic mass is 10.0. The van der Waals surface area contributed by atoms with Crippen molar-refractivity contribution in [1.82, 2.24) is 5.32 Å². The number of fused-ring (bicyclic) bond motifs is 6. The molecule has 0 aromatic heterocycles. The van der Waals surface area contributed by atoms with E-state index in [9.17, 15) is 5.11 Å². The standard InChI is InChI=1S/C17H21NO/c19-12-4-5-13-9(8-12)3-6-14(13)18-17-15-10-1-2-11(7-10)16(15)17/h4-5,8,10-11,14-19H,1-3,6-7H2. The van der Waals surface area contributed by atoms with E-state index in [1.165, 1.54) is 36.8 Å². The fraction of sp³-hybridized carbons (Fsp3) is 0.647. The highest BCUT2D eigenvalue weighted by molar-refractivity contribution is 5.40. The van der Waals surface area contributed by atoms with Crippen LogP contribution >= 0.6 is 0 Å². The van der Waals surface area contributed by atoms with Gasteiger partial charge in [-0.25, -0.2) is 0 Å². The van der Waals surface area contributed by atoms with Crippen LogP contribution in [-0.2, 0) is 6.42 Å². The van der Waals surface area contributed by atoms with Gasteiger partial charge in [0.05, 0.1) is 0 Å². The van der Waals surface area contributed by atoms with Gasteiger partial charge in [0.1, 0.15) is 5.75 Å². The summed E-state index contributed by atoms with van der Waals surface area (Å²) in [5.41, 5.74) is 2.79. The molecule has 2 nitrogen and oxygen atoms in total. The van der Waals surface area contributed by atoms with Crippen molar-refractivity contribution in [2.75, 3.05) is 0 Å². The SMILES string of the molecule is Oc1ccc2c(c1)CCC2NC1C2C3CCC(C3)C12. The molecule has 3 saturated carbocycles. The lowest BCUT2D eigenvalue weighted by Gasteiger charge is -2.17. The van der Waals surface area contributed by atoms with Gasteiger partial charge in [-0.05, 0) is 79.0 Å². The summed E-state index contributed by atoms with van der Waals surface area (Å²) >= 11 is 0. The van der Waals surface area contributed by atoms with E-state index in [2.05, 4.69) is 11.4 Å². The summed E-state index contributed by atoms with van der Waals surface area (Å²) in [5, 5.41) is 13.5. The second kappa shape index (κ2) is 3.54. The third-order valence-corrected chi connectivity index (χ3v) is 6.33. The van der Waals surface area contributed by atoms with Gasteiger partial charge in [0.2, 0.25) is 0 Å². The van der Waals surface area contributed by atoms with Crippen molar-refractivity contribution in [3.63, 3.8) is 0 Å². The molecule has 0 amide bonds. The van der Waals surface area contributed by atoms with E-state index < -0.39 is 0 Å². The average molecular weight is 255 g/mol. The van der Waals surface area contributed by atoms with E-state index in [1.54, 1.807) is 0 Å². The molecule has 100 valence electrons. The van der Waals surface area contributed by atoms with Gasteiger partial charge in [0.15, 0.2) is 0 Å². The maximum absolute atomic E-state index is 9.57. The summed E-state index contributed by atoms with van der Waals surface area (Å²) in [7, 11) is 0. The minimum absolute atomic E-state index is 0.417. The Labute approximate surface area is 114 Å². The molecule has 5 rings (SSSR count). The van der Waals surface area contributed by atoms with Crippen LogP contribution in [0.15, 0.2) is 18.2 Å². The lowest BCUT2D eigenvalue weighted by Crippen LogP contribution is -2.26. The van der Waals surface area contributed by atoms with Gasteiger partial charge in [-0.15, -0.1) is 0 Å². The van der Waals surface area contributed by atoms with Crippen LogP contribution in [0.1, 0.15) is 42.9 Å². The summed E-state index contributed by atoms with van der Waals surface area (Å²) in [5.74, 6) is 4.54. The van der Waals surface area contributed by atoms with Crippen LogP contribution in [0.4, 0.5) is 0 Å². The highest BCUT2D eigenvalue weighted by Crippen LogP contribution is 2.66.